The summed E-state index contributed by atoms with van der Waals surface area (Å²) in [5.41, 5.74) is 1.84. The van der Waals surface area contributed by atoms with Gasteiger partial charge in [-0.2, -0.15) is 10.4 Å². The van der Waals surface area contributed by atoms with Crippen LogP contribution in [-0.4, -0.2) is 9.78 Å². The van der Waals surface area contributed by atoms with E-state index in [-0.39, 0.29) is 1.43 Å². The second kappa shape index (κ2) is 8.48. The van der Waals surface area contributed by atoms with E-state index in [0.29, 0.717) is 22.3 Å². The number of nitrogens with zero attached hydrogens (tertiary/aromatic N) is 3. The first-order valence-corrected chi connectivity index (χ1v) is 13.8. The molecule has 4 aliphatic carbocycles. The summed E-state index contributed by atoms with van der Waals surface area (Å²) in [4.78, 5) is 0. The van der Waals surface area contributed by atoms with Crippen molar-refractivity contribution >= 4 is 0 Å². The largest absolute Gasteiger partial charge is 0.271 e. The lowest BCUT2D eigenvalue weighted by Gasteiger charge is -2.58. The van der Waals surface area contributed by atoms with Gasteiger partial charge in [-0.05, 0) is 116 Å². The van der Waals surface area contributed by atoms with Crippen LogP contribution in [0.2, 0.25) is 0 Å². The van der Waals surface area contributed by atoms with Crippen LogP contribution in [0.4, 0.5) is 0 Å². The minimum absolute atomic E-state index is 0. The molecule has 9 atom stereocenters. The molecule has 4 saturated carbocycles. The highest BCUT2D eigenvalue weighted by Crippen LogP contribution is 2.66. The molecule has 32 heavy (non-hydrogen) atoms. The molecule has 0 N–H and O–H groups in total. The predicted molar refractivity (Wildman–Crippen MR) is 132 cm³/mol. The van der Waals surface area contributed by atoms with E-state index in [1.165, 1.54) is 70.6 Å². The van der Waals surface area contributed by atoms with Gasteiger partial charge in [0.05, 0.1) is 11.8 Å². The Morgan fingerprint density at radius 2 is 1.94 bits per heavy atom. The van der Waals surface area contributed by atoms with Crippen molar-refractivity contribution in [2.75, 3.05) is 0 Å². The zero-order valence-corrected chi connectivity index (χ0v) is 21.0. The summed E-state index contributed by atoms with van der Waals surface area (Å²) >= 11 is 0. The Morgan fingerprint density at radius 1 is 1.12 bits per heavy atom. The average Bonchev–Trinajstić information content (AvgIpc) is 3.36. The number of fused-ring (bicyclic) bond motifs is 5. The predicted octanol–water partition coefficient (Wildman–Crippen LogP) is 7.71. The summed E-state index contributed by atoms with van der Waals surface area (Å²) in [6.45, 7) is 11.0. The van der Waals surface area contributed by atoms with Crippen LogP contribution in [0.15, 0.2) is 12.4 Å². The van der Waals surface area contributed by atoms with Crippen molar-refractivity contribution < 1.29 is 1.43 Å². The summed E-state index contributed by atoms with van der Waals surface area (Å²) < 4.78 is 2.02. The van der Waals surface area contributed by atoms with Crippen LogP contribution in [0.5, 0.6) is 0 Å². The molecule has 0 spiro atoms. The van der Waals surface area contributed by atoms with Gasteiger partial charge in [0.1, 0.15) is 6.07 Å². The molecule has 0 aliphatic heterocycles. The fourth-order valence-electron chi connectivity index (χ4n) is 9.94. The van der Waals surface area contributed by atoms with E-state index in [9.17, 15) is 0 Å². The first-order chi connectivity index (χ1) is 15.4. The summed E-state index contributed by atoms with van der Waals surface area (Å²) in [5.74, 6) is 6.47. The van der Waals surface area contributed by atoms with Gasteiger partial charge < -0.3 is 0 Å². The molecule has 0 aromatic carbocycles. The number of nitriles is 1. The van der Waals surface area contributed by atoms with Gasteiger partial charge in [0.15, 0.2) is 0 Å². The summed E-state index contributed by atoms with van der Waals surface area (Å²) in [6.07, 6.45) is 19.8. The van der Waals surface area contributed by atoms with Crippen molar-refractivity contribution in [3.8, 4) is 6.07 Å². The minimum Gasteiger partial charge on any atom is -0.271 e. The molecule has 178 valence electrons. The van der Waals surface area contributed by atoms with Crippen LogP contribution in [0.3, 0.4) is 0 Å². The maximum atomic E-state index is 9.14. The second-order valence-corrected chi connectivity index (χ2v) is 13.0. The molecule has 4 aliphatic rings. The van der Waals surface area contributed by atoms with Gasteiger partial charge in [-0.25, -0.2) is 0 Å². The van der Waals surface area contributed by atoms with Crippen LogP contribution in [0, 0.1) is 63.6 Å². The van der Waals surface area contributed by atoms with E-state index in [4.69, 9.17) is 5.26 Å². The van der Waals surface area contributed by atoms with Crippen molar-refractivity contribution in [2.24, 2.45) is 52.3 Å². The van der Waals surface area contributed by atoms with Gasteiger partial charge in [-0.3, -0.25) is 4.68 Å². The lowest BCUT2D eigenvalue weighted by molar-refractivity contribution is -0.0842. The van der Waals surface area contributed by atoms with Crippen LogP contribution in [0.25, 0.3) is 0 Å². The van der Waals surface area contributed by atoms with Crippen molar-refractivity contribution in [1.29, 1.82) is 5.26 Å². The van der Waals surface area contributed by atoms with E-state index in [1.807, 2.05) is 10.9 Å². The van der Waals surface area contributed by atoms with Gasteiger partial charge in [-0.15, -0.1) is 0 Å². The molecule has 3 nitrogen and oxygen atoms in total. The van der Waals surface area contributed by atoms with E-state index >= 15 is 0 Å². The molecule has 1 aromatic rings. The smallest absolute Gasteiger partial charge is 0.102 e. The number of aromatic nitrogens is 2. The Morgan fingerprint density at radius 3 is 2.69 bits per heavy atom. The lowest BCUT2D eigenvalue weighted by atomic mass is 9.47. The Labute approximate surface area is 197 Å². The Balaban J connectivity index is 0.00000259. The minimum atomic E-state index is 0. The molecule has 3 heteroatoms. The quantitative estimate of drug-likeness (QED) is 0.473. The highest BCUT2D eigenvalue weighted by molar-refractivity contribution is 5.21. The SMILES string of the molecule is CCC[C@@]1(C)CCC2C(CCC3C2CCC2(C)C(C(C)Cn4cc(C#N)cn4)CCC32)C1.[HH]. The summed E-state index contributed by atoms with van der Waals surface area (Å²) in [5, 5.41) is 13.6. The number of hydrogen-bond donors (Lipinski definition) is 0. The van der Waals surface area contributed by atoms with Crippen LogP contribution in [0.1, 0.15) is 105 Å². The molecule has 1 heterocycles. The van der Waals surface area contributed by atoms with Gasteiger partial charge in [0, 0.05) is 14.2 Å². The maximum absolute atomic E-state index is 9.14. The monoisotopic (exact) mass is 437 g/mol. The van der Waals surface area contributed by atoms with E-state index in [1.54, 1.807) is 6.20 Å². The van der Waals surface area contributed by atoms with Crippen molar-refractivity contribution in [1.82, 2.24) is 9.78 Å². The third kappa shape index (κ3) is 3.74. The van der Waals surface area contributed by atoms with E-state index in [0.717, 1.165) is 42.1 Å². The maximum Gasteiger partial charge on any atom is 0.102 e. The molecule has 0 saturated heterocycles. The Kier molecular flexibility index (Phi) is 5.96. The number of hydrogen-bond acceptors (Lipinski definition) is 2. The molecule has 0 radical (unpaired) electrons. The summed E-state index contributed by atoms with van der Waals surface area (Å²) in [6, 6.07) is 2.23. The second-order valence-electron chi connectivity index (χ2n) is 13.0. The zero-order chi connectivity index (χ0) is 22.5. The molecular formula is C29H47N3. The molecule has 0 bridgehead atoms. The van der Waals surface area contributed by atoms with Crippen LogP contribution >= 0.6 is 0 Å². The normalized spacial score (nSPS) is 44.2. The molecule has 4 fully saturated rings. The molecule has 0 amide bonds. The van der Waals surface area contributed by atoms with Crippen LogP contribution in [-0.2, 0) is 6.54 Å². The Hall–Kier alpha value is -1.30. The van der Waals surface area contributed by atoms with E-state index in [2.05, 4.69) is 38.9 Å². The average molecular weight is 438 g/mol. The van der Waals surface area contributed by atoms with Gasteiger partial charge in [-0.1, -0.05) is 34.1 Å². The van der Waals surface area contributed by atoms with Crippen molar-refractivity contribution in [3.05, 3.63) is 18.0 Å². The first-order valence-electron chi connectivity index (χ1n) is 13.8. The Bertz CT molecular complexity index is 857. The van der Waals surface area contributed by atoms with Gasteiger partial charge >= 0.3 is 0 Å². The van der Waals surface area contributed by atoms with Crippen molar-refractivity contribution in [2.45, 2.75) is 105 Å². The van der Waals surface area contributed by atoms with Crippen molar-refractivity contribution in [3.63, 3.8) is 0 Å². The lowest BCUT2D eigenvalue weighted by Crippen LogP contribution is -2.50. The third-order valence-corrected chi connectivity index (χ3v) is 11.2. The number of rotatable bonds is 5. The molecule has 5 rings (SSSR count). The molecule has 8 unspecified atom stereocenters. The zero-order valence-electron chi connectivity index (χ0n) is 21.0. The topological polar surface area (TPSA) is 41.6 Å². The molecular weight excluding hydrogens is 390 g/mol. The molecule has 1 aromatic heterocycles. The highest BCUT2D eigenvalue weighted by atomic mass is 15.3. The summed E-state index contributed by atoms with van der Waals surface area (Å²) in [7, 11) is 0. The van der Waals surface area contributed by atoms with E-state index < -0.39 is 0 Å². The fourth-order valence-corrected chi connectivity index (χ4v) is 9.94. The fraction of sp³-hybridized carbons (Fsp3) is 0.862. The van der Waals surface area contributed by atoms with Crippen LogP contribution < -0.4 is 0 Å². The third-order valence-electron chi connectivity index (χ3n) is 11.2. The first kappa shape index (κ1) is 22.5. The van der Waals surface area contributed by atoms with Gasteiger partial charge in [0.2, 0.25) is 0 Å². The standard InChI is InChI=1S/C29H45N3.H2/c1-5-12-28(3)13-10-23-22(15-28)6-7-25-24(23)11-14-29(4)26(8-9-27(25)29)20(2)18-32-19-21(16-30)17-31-32;/h17,19-20,22-27H,5-15,18H2,1-4H3;1H/t20?,22?,23?,24?,25?,26?,27?,28-,29?;/m0./s1. The van der Waals surface area contributed by atoms with Gasteiger partial charge in [0.25, 0.3) is 0 Å². The highest BCUT2D eigenvalue weighted by Gasteiger charge is 2.58.